The molecule has 1 heterocycles. The van der Waals surface area contributed by atoms with Crippen LogP contribution in [0.3, 0.4) is 0 Å². The van der Waals surface area contributed by atoms with E-state index in [4.69, 9.17) is 0 Å². The summed E-state index contributed by atoms with van der Waals surface area (Å²) in [5.74, 6) is -2.28. The molecule has 0 spiro atoms. The van der Waals surface area contributed by atoms with Crippen molar-refractivity contribution in [2.45, 2.75) is 31.7 Å². The van der Waals surface area contributed by atoms with Crippen molar-refractivity contribution in [2.75, 3.05) is 0 Å². The number of Topliss-reactive ketones (excluding diaryl/α,β-unsaturated/α-hetero) is 2. The maximum atomic E-state index is 12.5. The molecule has 2 aliphatic rings. The smallest absolute Gasteiger partial charge is 0.282 e. The Balaban J connectivity index is 2.03. The Labute approximate surface area is 130 Å². The predicted molar refractivity (Wildman–Crippen MR) is 75.9 cm³/mol. The molecule has 1 atom stereocenters. The Bertz CT molecular complexity index is 769. The molecule has 1 aromatic rings. The largest absolute Gasteiger partial charge is 0.299 e. The van der Waals surface area contributed by atoms with E-state index < -0.39 is 34.3 Å². The van der Waals surface area contributed by atoms with E-state index in [9.17, 15) is 29.3 Å². The molecule has 1 aliphatic heterocycles. The molecule has 0 radical (unpaired) electrons. The number of carbonyl (C=O) groups is 4. The maximum absolute atomic E-state index is 12.5. The van der Waals surface area contributed by atoms with E-state index >= 15 is 0 Å². The summed E-state index contributed by atoms with van der Waals surface area (Å²) in [6.07, 6.45) is 0.500. The minimum Gasteiger partial charge on any atom is -0.299 e. The van der Waals surface area contributed by atoms with Crippen LogP contribution >= 0.6 is 0 Å². The second kappa shape index (κ2) is 5.38. The standard InChI is InChI=1S/C15H12N2O6/c18-8-3-1-5-10(12(19)7-8)16-14(20)9-4-2-6-11(17(22)23)13(9)15(16)21/h2,4,6,10H,1,3,5,7H2/t10-/m0/s1. The van der Waals surface area contributed by atoms with Gasteiger partial charge in [-0.1, -0.05) is 6.07 Å². The van der Waals surface area contributed by atoms with Crippen LogP contribution in [0.2, 0.25) is 0 Å². The molecule has 1 saturated carbocycles. The first-order valence-electron chi connectivity index (χ1n) is 7.11. The summed E-state index contributed by atoms with van der Waals surface area (Å²) in [5.41, 5.74) is -0.820. The molecule has 1 aromatic carbocycles. The molecule has 0 saturated heterocycles. The van der Waals surface area contributed by atoms with Gasteiger partial charge in [0.05, 0.1) is 22.9 Å². The molecule has 0 N–H and O–H groups in total. The van der Waals surface area contributed by atoms with E-state index in [0.717, 1.165) is 11.0 Å². The average Bonchev–Trinajstić information content (AvgIpc) is 2.64. The Morgan fingerprint density at radius 1 is 1.13 bits per heavy atom. The molecule has 1 fully saturated rings. The SMILES string of the molecule is O=C1CCC[C@H](N2C(=O)c3cccc([N+](=O)[O-])c3C2=O)C(=O)C1. The number of hydrogen-bond donors (Lipinski definition) is 0. The van der Waals surface area contributed by atoms with E-state index in [1.165, 1.54) is 12.1 Å². The highest BCUT2D eigenvalue weighted by molar-refractivity contribution is 6.25. The lowest BCUT2D eigenvalue weighted by atomic mass is 10.1. The third kappa shape index (κ3) is 2.32. The molecule has 8 nitrogen and oxygen atoms in total. The molecule has 0 unspecified atom stereocenters. The first kappa shape index (κ1) is 15.0. The lowest BCUT2D eigenvalue weighted by Crippen LogP contribution is -2.44. The van der Waals surface area contributed by atoms with E-state index in [-0.39, 0.29) is 36.2 Å². The molecule has 0 bridgehead atoms. The number of fused-ring (bicyclic) bond motifs is 1. The van der Waals surface area contributed by atoms with Crippen molar-refractivity contribution in [3.05, 3.63) is 39.4 Å². The molecule has 118 valence electrons. The van der Waals surface area contributed by atoms with Crippen LogP contribution in [-0.4, -0.2) is 39.2 Å². The number of carbonyl (C=O) groups excluding carboxylic acids is 4. The highest BCUT2D eigenvalue weighted by atomic mass is 16.6. The Morgan fingerprint density at radius 2 is 1.87 bits per heavy atom. The number of benzene rings is 1. The Kier molecular flexibility index (Phi) is 3.51. The summed E-state index contributed by atoms with van der Waals surface area (Å²) < 4.78 is 0. The quantitative estimate of drug-likeness (QED) is 0.267. The zero-order valence-corrected chi connectivity index (χ0v) is 12.0. The fourth-order valence-electron chi connectivity index (χ4n) is 3.05. The fourth-order valence-corrected chi connectivity index (χ4v) is 3.05. The number of ketones is 2. The number of nitrogens with zero attached hydrogens (tertiary/aromatic N) is 2. The average molecular weight is 316 g/mol. The number of nitro groups is 1. The van der Waals surface area contributed by atoms with Gasteiger partial charge < -0.3 is 0 Å². The first-order valence-corrected chi connectivity index (χ1v) is 7.11. The van der Waals surface area contributed by atoms with E-state index in [0.29, 0.717) is 6.42 Å². The van der Waals surface area contributed by atoms with Gasteiger partial charge in [0.25, 0.3) is 17.5 Å². The number of imide groups is 1. The molecule has 8 heteroatoms. The van der Waals surface area contributed by atoms with Gasteiger partial charge in [-0.3, -0.25) is 34.2 Å². The van der Waals surface area contributed by atoms with Gasteiger partial charge in [-0.05, 0) is 18.9 Å². The van der Waals surface area contributed by atoms with Crippen molar-refractivity contribution in [1.29, 1.82) is 0 Å². The van der Waals surface area contributed by atoms with E-state index in [1.54, 1.807) is 0 Å². The lowest BCUT2D eigenvalue weighted by molar-refractivity contribution is -0.385. The summed E-state index contributed by atoms with van der Waals surface area (Å²) in [7, 11) is 0. The molecule has 2 amide bonds. The summed E-state index contributed by atoms with van der Waals surface area (Å²) in [6, 6.07) is 2.76. The molecule has 3 rings (SSSR count). The third-order valence-corrected chi connectivity index (χ3v) is 4.11. The second-order valence-corrected chi connectivity index (χ2v) is 5.53. The van der Waals surface area contributed by atoms with Crippen LogP contribution in [0.4, 0.5) is 5.69 Å². The van der Waals surface area contributed by atoms with Crippen LogP contribution in [0.15, 0.2) is 18.2 Å². The maximum Gasteiger partial charge on any atom is 0.282 e. The summed E-state index contributed by atoms with van der Waals surface area (Å²) in [5, 5.41) is 11.1. The van der Waals surface area contributed by atoms with E-state index in [2.05, 4.69) is 0 Å². The van der Waals surface area contributed by atoms with Crippen molar-refractivity contribution in [2.24, 2.45) is 0 Å². The van der Waals surface area contributed by atoms with Crippen LogP contribution in [0, 0.1) is 10.1 Å². The molecule has 0 aromatic heterocycles. The Morgan fingerprint density at radius 3 is 2.57 bits per heavy atom. The summed E-state index contributed by atoms with van der Waals surface area (Å²) in [6.45, 7) is 0. The van der Waals surface area contributed by atoms with Crippen LogP contribution in [0.1, 0.15) is 46.4 Å². The monoisotopic (exact) mass is 316 g/mol. The van der Waals surface area contributed by atoms with Crippen LogP contribution in [0.5, 0.6) is 0 Å². The Hall–Kier alpha value is -2.90. The van der Waals surface area contributed by atoms with Gasteiger partial charge in [-0.25, -0.2) is 0 Å². The van der Waals surface area contributed by atoms with Gasteiger partial charge >= 0.3 is 0 Å². The van der Waals surface area contributed by atoms with E-state index in [1.807, 2.05) is 0 Å². The first-order chi connectivity index (χ1) is 10.9. The van der Waals surface area contributed by atoms with Gasteiger partial charge in [-0.2, -0.15) is 0 Å². The van der Waals surface area contributed by atoms with Crippen LogP contribution in [0.25, 0.3) is 0 Å². The molecular formula is C15H12N2O6. The summed E-state index contributed by atoms with van der Waals surface area (Å²) in [4.78, 5) is 59.8. The fraction of sp³-hybridized carbons (Fsp3) is 0.333. The van der Waals surface area contributed by atoms with Crippen LogP contribution < -0.4 is 0 Å². The number of amides is 2. The van der Waals surface area contributed by atoms with Crippen molar-refractivity contribution in [3.8, 4) is 0 Å². The normalized spacial score (nSPS) is 21.4. The van der Waals surface area contributed by atoms with Gasteiger partial charge in [0.15, 0.2) is 5.78 Å². The minimum atomic E-state index is -1.03. The highest BCUT2D eigenvalue weighted by Crippen LogP contribution is 2.33. The minimum absolute atomic E-state index is 0.0763. The molecular weight excluding hydrogens is 304 g/mol. The van der Waals surface area contributed by atoms with Crippen molar-refractivity contribution in [3.63, 3.8) is 0 Å². The van der Waals surface area contributed by atoms with Gasteiger partial charge in [0, 0.05) is 12.5 Å². The number of nitro benzene ring substituents is 1. The molecule has 23 heavy (non-hydrogen) atoms. The lowest BCUT2D eigenvalue weighted by Gasteiger charge is -2.23. The number of hydrogen-bond acceptors (Lipinski definition) is 6. The second-order valence-electron chi connectivity index (χ2n) is 5.53. The van der Waals surface area contributed by atoms with Gasteiger partial charge in [0.2, 0.25) is 0 Å². The van der Waals surface area contributed by atoms with Crippen molar-refractivity contribution >= 4 is 29.1 Å². The van der Waals surface area contributed by atoms with Crippen molar-refractivity contribution in [1.82, 2.24) is 4.90 Å². The predicted octanol–water partition coefficient (Wildman–Crippen LogP) is 1.27. The third-order valence-electron chi connectivity index (χ3n) is 4.11. The highest BCUT2D eigenvalue weighted by Gasteiger charge is 2.46. The van der Waals surface area contributed by atoms with Crippen LogP contribution in [-0.2, 0) is 9.59 Å². The number of rotatable bonds is 2. The van der Waals surface area contributed by atoms with Crippen molar-refractivity contribution < 1.29 is 24.1 Å². The zero-order valence-electron chi connectivity index (χ0n) is 12.0. The topological polar surface area (TPSA) is 115 Å². The molecule has 1 aliphatic carbocycles. The van der Waals surface area contributed by atoms with Gasteiger partial charge in [0.1, 0.15) is 11.3 Å². The zero-order chi connectivity index (χ0) is 16.7. The summed E-state index contributed by atoms with van der Waals surface area (Å²) >= 11 is 0. The van der Waals surface area contributed by atoms with Gasteiger partial charge in [-0.15, -0.1) is 0 Å².